The summed E-state index contributed by atoms with van der Waals surface area (Å²) in [5, 5.41) is 12.2. The Morgan fingerprint density at radius 2 is 1.95 bits per heavy atom. The maximum atomic E-state index is 8.59. The van der Waals surface area contributed by atoms with Gasteiger partial charge in [-0.2, -0.15) is 0 Å². The molecular formula is C15H15ClN2O2. The van der Waals surface area contributed by atoms with E-state index in [-0.39, 0.29) is 5.84 Å². The number of rotatable bonds is 4. The van der Waals surface area contributed by atoms with Crippen LogP contribution in [0.2, 0.25) is 5.02 Å². The molecular weight excluding hydrogens is 276 g/mol. The zero-order valence-electron chi connectivity index (χ0n) is 11.0. The van der Waals surface area contributed by atoms with Crippen LogP contribution in [0.3, 0.4) is 0 Å². The van der Waals surface area contributed by atoms with Gasteiger partial charge in [0.15, 0.2) is 5.84 Å². The van der Waals surface area contributed by atoms with Crippen molar-refractivity contribution in [1.82, 2.24) is 0 Å². The van der Waals surface area contributed by atoms with E-state index in [1.54, 1.807) is 18.2 Å². The average molecular weight is 291 g/mol. The Hall–Kier alpha value is -2.20. The van der Waals surface area contributed by atoms with Crippen LogP contribution < -0.4 is 10.5 Å². The Balaban J connectivity index is 2.04. The van der Waals surface area contributed by atoms with Crippen LogP contribution in [0, 0.1) is 6.92 Å². The molecule has 0 saturated heterocycles. The number of nitrogens with zero attached hydrogens (tertiary/aromatic N) is 1. The van der Waals surface area contributed by atoms with Crippen molar-refractivity contribution in [1.29, 1.82) is 0 Å². The summed E-state index contributed by atoms with van der Waals surface area (Å²) in [7, 11) is 0. The topological polar surface area (TPSA) is 67.8 Å². The minimum Gasteiger partial charge on any atom is -0.489 e. The molecule has 0 aliphatic carbocycles. The van der Waals surface area contributed by atoms with Gasteiger partial charge < -0.3 is 15.7 Å². The third kappa shape index (κ3) is 3.42. The summed E-state index contributed by atoms with van der Waals surface area (Å²) in [5.41, 5.74) is 8.15. The van der Waals surface area contributed by atoms with Crippen molar-refractivity contribution in [2.45, 2.75) is 13.5 Å². The summed E-state index contributed by atoms with van der Waals surface area (Å²) in [4.78, 5) is 0. The van der Waals surface area contributed by atoms with Crippen LogP contribution in [0.15, 0.2) is 47.6 Å². The second-order valence-electron chi connectivity index (χ2n) is 4.38. The summed E-state index contributed by atoms with van der Waals surface area (Å²) in [6, 6.07) is 12.8. The number of ether oxygens (including phenoxy) is 1. The average Bonchev–Trinajstić information content (AvgIpc) is 2.46. The molecule has 4 nitrogen and oxygen atoms in total. The van der Waals surface area contributed by atoms with Gasteiger partial charge in [-0.3, -0.25) is 0 Å². The zero-order chi connectivity index (χ0) is 14.5. The number of hydrogen-bond acceptors (Lipinski definition) is 3. The molecule has 2 aromatic rings. The number of benzene rings is 2. The minimum atomic E-state index is 0.0889. The summed E-state index contributed by atoms with van der Waals surface area (Å²) >= 11 is 5.90. The van der Waals surface area contributed by atoms with Crippen LogP contribution >= 0.6 is 11.6 Å². The lowest BCUT2D eigenvalue weighted by Crippen LogP contribution is -2.12. The molecule has 0 spiro atoms. The molecule has 0 fully saturated rings. The zero-order valence-corrected chi connectivity index (χ0v) is 11.8. The molecule has 2 rings (SSSR count). The second kappa shape index (κ2) is 6.30. The van der Waals surface area contributed by atoms with E-state index in [9.17, 15) is 0 Å². The van der Waals surface area contributed by atoms with Crippen molar-refractivity contribution in [3.8, 4) is 5.75 Å². The minimum absolute atomic E-state index is 0.0889. The van der Waals surface area contributed by atoms with E-state index < -0.39 is 0 Å². The standard InChI is InChI=1S/C15H15ClN2O2/c1-10-8-13(16)6-7-14(10)20-9-11-2-4-12(5-3-11)15(17)18-19/h2-8,19H,9H2,1H3,(H2,17,18). The summed E-state index contributed by atoms with van der Waals surface area (Å²) < 4.78 is 5.73. The molecule has 0 saturated carbocycles. The van der Waals surface area contributed by atoms with E-state index in [1.165, 1.54) is 0 Å². The van der Waals surface area contributed by atoms with Gasteiger partial charge in [-0.15, -0.1) is 0 Å². The van der Waals surface area contributed by atoms with Crippen molar-refractivity contribution >= 4 is 17.4 Å². The second-order valence-corrected chi connectivity index (χ2v) is 4.82. The Kier molecular flexibility index (Phi) is 4.48. The first kappa shape index (κ1) is 14.2. The van der Waals surface area contributed by atoms with Crippen molar-refractivity contribution in [3.05, 3.63) is 64.2 Å². The van der Waals surface area contributed by atoms with Crippen LogP contribution in [0.4, 0.5) is 0 Å². The lowest BCUT2D eigenvalue weighted by molar-refractivity contribution is 0.304. The van der Waals surface area contributed by atoms with Gasteiger partial charge in [-0.1, -0.05) is 41.0 Å². The maximum absolute atomic E-state index is 8.59. The number of hydrogen-bond donors (Lipinski definition) is 2. The fraction of sp³-hybridized carbons (Fsp3) is 0.133. The molecule has 0 aliphatic heterocycles. The first-order valence-corrected chi connectivity index (χ1v) is 6.43. The van der Waals surface area contributed by atoms with E-state index in [0.29, 0.717) is 17.2 Å². The maximum Gasteiger partial charge on any atom is 0.170 e. The van der Waals surface area contributed by atoms with E-state index in [0.717, 1.165) is 16.9 Å². The van der Waals surface area contributed by atoms with Gasteiger partial charge >= 0.3 is 0 Å². The number of nitrogens with two attached hydrogens (primary N) is 1. The molecule has 2 aromatic carbocycles. The van der Waals surface area contributed by atoms with Gasteiger partial charge in [0.1, 0.15) is 12.4 Å². The molecule has 0 aromatic heterocycles. The molecule has 0 bridgehead atoms. The van der Waals surface area contributed by atoms with Crippen molar-refractivity contribution in [2.75, 3.05) is 0 Å². The van der Waals surface area contributed by atoms with Gasteiger partial charge in [0.2, 0.25) is 0 Å². The predicted octanol–water partition coefficient (Wildman–Crippen LogP) is 3.32. The normalized spacial score (nSPS) is 11.4. The number of amidine groups is 1. The molecule has 20 heavy (non-hydrogen) atoms. The van der Waals surface area contributed by atoms with Gasteiger partial charge in [0, 0.05) is 10.6 Å². The molecule has 0 unspecified atom stereocenters. The predicted molar refractivity (Wildman–Crippen MR) is 79.5 cm³/mol. The Morgan fingerprint density at radius 3 is 2.55 bits per heavy atom. The van der Waals surface area contributed by atoms with E-state index in [4.69, 9.17) is 27.3 Å². The van der Waals surface area contributed by atoms with Gasteiger partial charge in [-0.25, -0.2) is 0 Å². The Morgan fingerprint density at radius 1 is 1.25 bits per heavy atom. The van der Waals surface area contributed by atoms with Crippen LogP contribution in [-0.4, -0.2) is 11.0 Å². The first-order valence-electron chi connectivity index (χ1n) is 6.06. The summed E-state index contributed by atoms with van der Waals surface area (Å²) in [5.74, 6) is 0.890. The lowest BCUT2D eigenvalue weighted by Gasteiger charge is -2.09. The molecule has 0 amide bonds. The van der Waals surface area contributed by atoms with E-state index in [1.807, 2.05) is 31.2 Å². The van der Waals surface area contributed by atoms with Crippen molar-refractivity contribution < 1.29 is 9.94 Å². The van der Waals surface area contributed by atoms with E-state index in [2.05, 4.69) is 5.16 Å². The Bertz CT molecular complexity index is 624. The molecule has 0 heterocycles. The quantitative estimate of drug-likeness (QED) is 0.393. The van der Waals surface area contributed by atoms with Crippen LogP contribution in [0.5, 0.6) is 5.75 Å². The molecule has 0 atom stereocenters. The Labute approximate surface area is 122 Å². The fourth-order valence-electron chi connectivity index (χ4n) is 1.77. The highest BCUT2D eigenvalue weighted by Crippen LogP contribution is 2.22. The molecule has 0 aliphatic rings. The summed E-state index contributed by atoms with van der Waals surface area (Å²) in [6.45, 7) is 2.39. The summed E-state index contributed by atoms with van der Waals surface area (Å²) in [6.07, 6.45) is 0. The smallest absolute Gasteiger partial charge is 0.170 e. The highest BCUT2D eigenvalue weighted by atomic mass is 35.5. The van der Waals surface area contributed by atoms with Crippen LogP contribution in [0.25, 0.3) is 0 Å². The lowest BCUT2D eigenvalue weighted by atomic mass is 10.1. The monoisotopic (exact) mass is 290 g/mol. The first-order chi connectivity index (χ1) is 9.60. The molecule has 3 N–H and O–H groups in total. The van der Waals surface area contributed by atoms with Gasteiger partial charge in [0.25, 0.3) is 0 Å². The largest absolute Gasteiger partial charge is 0.489 e. The number of halogens is 1. The van der Waals surface area contributed by atoms with Crippen molar-refractivity contribution in [3.63, 3.8) is 0 Å². The number of oxime groups is 1. The highest BCUT2D eigenvalue weighted by Gasteiger charge is 2.02. The van der Waals surface area contributed by atoms with Gasteiger partial charge in [-0.05, 0) is 36.2 Å². The van der Waals surface area contributed by atoms with Crippen molar-refractivity contribution in [2.24, 2.45) is 10.9 Å². The fourth-order valence-corrected chi connectivity index (χ4v) is 1.99. The molecule has 5 heteroatoms. The SMILES string of the molecule is Cc1cc(Cl)ccc1OCc1ccc(/C(N)=N/O)cc1. The third-order valence-electron chi connectivity index (χ3n) is 2.89. The highest BCUT2D eigenvalue weighted by molar-refractivity contribution is 6.30. The van der Waals surface area contributed by atoms with Crippen LogP contribution in [0.1, 0.15) is 16.7 Å². The van der Waals surface area contributed by atoms with Gasteiger partial charge in [0.05, 0.1) is 0 Å². The van der Waals surface area contributed by atoms with E-state index >= 15 is 0 Å². The molecule has 104 valence electrons. The third-order valence-corrected chi connectivity index (χ3v) is 3.12. The number of aryl methyl sites for hydroxylation is 1. The van der Waals surface area contributed by atoms with Crippen LogP contribution in [-0.2, 0) is 6.61 Å². The molecule has 0 radical (unpaired) electrons.